The van der Waals surface area contributed by atoms with Gasteiger partial charge in [0.25, 0.3) is 0 Å². The van der Waals surface area contributed by atoms with Gasteiger partial charge in [-0.05, 0) is 66.6 Å². The minimum Gasteiger partial charge on any atom is -0.465 e. The van der Waals surface area contributed by atoms with Crippen molar-refractivity contribution in [1.82, 2.24) is 40.0 Å². The van der Waals surface area contributed by atoms with Gasteiger partial charge in [-0.3, -0.25) is 24.7 Å². The zero-order chi connectivity index (χ0) is 36.9. The Morgan fingerprint density at radius 1 is 0.811 bits per heavy atom. The summed E-state index contributed by atoms with van der Waals surface area (Å²) in [5.41, 5.74) is 6.93. The lowest BCUT2D eigenvalue weighted by Gasteiger charge is -2.34. The monoisotopic (exact) mass is 714 g/mol. The van der Waals surface area contributed by atoms with Crippen LogP contribution in [0.4, 0.5) is 4.79 Å². The molecule has 5 aromatic rings. The van der Waals surface area contributed by atoms with E-state index in [2.05, 4.69) is 75.4 Å². The summed E-state index contributed by atoms with van der Waals surface area (Å²) in [6, 6.07) is 26.1. The lowest BCUT2D eigenvalue weighted by molar-refractivity contribution is -0.138. The predicted molar refractivity (Wildman–Crippen MR) is 203 cm³/mol. The van der Waals surface area contributed by atoms with Crippen molar-refractivity contribution in [3.05, 3.63) is 108 Å². The summed E-state index contributed by atoms with van der Waals surface area (Å²) >= 11 is 0. The summed E-state index contributed by atoms with van der Waals surface area (Å²) in [6.45, 7) is 7.11. The molecule has 0 aliphatic carbocycles. The Labute approximate surface area is 309 Å². The number of hydrogen-bond donors (Lipinski definition) is 4. The molecule has 2 aliphatic rings. The van der Waals surface area contributed by atoms with Crippen molar-refractivity contribution in [2.45, 2.75) is 63.8 Å². The summed E-state index contributed by atoms with van der Waals surface area (Å²) in [5, 5.41) is 11.4. The molecule has 2 fully saturated rings. The van der Waals surface area contributed by atoms with Crippen LogP contribution in [0.15, 0.2) is 91.3 Å². The Morgan fingerprint density at radius 3 is 1.89 bits per heavy atom. The average molecular weight is 715 g/mol. The van der Waals surface area contributed by atoms with E-state index in [1.165, 1.54) is 0 Å². The molecule has 0 spiro atoms. The van der Waals surface area contributed by atoms with Gasteiger partial charge in [0.15, 0.2) is 6.29 Å². The number of H-pyrrole nitrogens is 2. The molecule has 53 heavy (non-hydrogen) atoms. The van der Waals surface area contributed by atoms with Gasteiger partial charge in [-0.15, -0.1) is 0 Å². The molecule has 2 amide bonds. The quantitative estimate of drug-likeness (QED) is 0.0972. The minimum atomic E-state index is -1.23. The number of rotatable bonds is 13. The van der Waals surface area contributed by atoms with Crippen LogP contribution in [0.2, 0.25) is 0 Å². The van der Waals surface area contributed by atoms with Gasteiger partial charge in [0.05, 0.1) is 35.9 Å². The van der Waals surface area contributed by atoms with E-state index >= 15 is 0 Å². The average Bonchev–Trinajstić information content (AvgIpc) is 4.03. The van der Waals surface area contributed by atoms with Crippen LogP contribution in [0.25, 0.3) is 33.6 Å². The van der Waals surface area contributed by atoms with Crippen molar-refractivity contribution < 1.29 is 19.5 Å². The number of hydrogen-bond acceptors (Lipinski definition) is 7. The first kappa shape index (κ1) is 35.8. The van der Waals surface area contributed by atoms with Gasteiger partial charge in [0.1, 0.15) is 23.9 Å². The molecule has 0 bridgehead atoms. The molecule has 2 saturated heterocycles. The minimum absolute atomic E-state index is 0.0962. The van der Waals surface area contributed by atoms with E-state index in [1.54, 1.807) is 6.20 Å². The zero-order valence-corrected chi connectivity index (χ0v) is 30.1. The van der Waals surface area contributed by atoms with Crippen molar-refractivity contribution in [1.29, 1.82) is 0 Å². The molecule has 4 N–H and O–H groups in total. The predicted octanol–water partition coefficient (Wildman–Crippen LogP) is 6.81. The number of likely N-dealkylation sites (tertiary alicyclic amines) is 2. The number of aromatic nitrogens is 4. The van der Waals surface area contributed by atoms with Gasteiger partial charge >= 0.3 is 6.09 Å². The number of benzene rings is 3. The van der Waals surface area contributed by atoms with Crippen molar-refractivity contribution in [3.63, 3.8) is 0 Å². The van der Waals surface area contributed by atoms with Crippen LogP contribution in [0.5, 0.6) is 0 Å². The molecule has 2 aromatic heterocycles. The number of carbonyl (C=O) groups excluding carboxylic acids is 2. The fraction of sp³-hybridized carbons (Fsp3) is 0.341. The van der Waals surface area contributed by atoms with E-state index in [0.717, 1.165) is 83.8 Å². The maximum absolute atomic E-state index is 14.2. The second kappa shape index (κ2) is 16.0. The zero-order valence-electron chi connectivity index (χ0n) is 30.1. The third-order valence-electron chi connectivity index (χ3n) is 10.7. The molecule has 2 aliphatic heterocycles. The number of carboxylic acid groups (broad SMARTS) is 1. The lowest BCUT2D eigenvalue weighted by Crippen LogP contribution is -2.48. The van der Waals surface area contributed by atoms with Gasteiger partial charge in [-0.1, -0.05) is 92.7 Å². The smallest absolute Gasteiger partial charge is 0.406 e. The number of likely N-dealkylation sites (N-methyl/N-ethyl adjacent to an activating group) is 1. The molecule has 12 heteroatoms. The van der Waals surface area contributed by atoms with Crippen LogP contribution in [0.1, 0.15) is 74.9 Å². The number of nitrogens with one attached hydrogen (secondary N) is 3. The van der Waals surface area contributed by atoms with Gasteiger partial charge in [0, 0.05) is 13.1 Å². The molecule has 12 nitrogen and oxygen atoms in total. The molecule has 4 atom stereocenters. The van der Waals surface area contributed by atoms with Crippen molar-refractivity contribution in [2.24, 2.45) is 0 Å². The maximum atomic E-state index is 14.2. The molecule has 7 rings (SSSR count). The van der Waals surface area contributed by atoms with Gasteiger partial charge < -0.3 is 20.0 Å². The Kier molecular flexibility index (Phi) is 10.8. The van der Waals surface area contributed by atoms with Crippen LogP contribution >= 0.6 is 0 Å². The number of carbonyl (C=O) groups is 3. The third kappa shape index (κ3) is 7.51. The number of imidazole rings is 2. The molecule has 4 heterocycles. The van der Waals surface area contributed by atoms with Crippen molar-refractivity contribution in [3.8, 4) is 33.6 Å². The highest BCUT2D eigenvalue weighted by atomic mass is 16.4. The van der Waals surface area contributed by atoms with Gasteiger partial charge in [-0.2, -0.15) is 0 Å². The number of aromatic amines is 2. The van der Waals surface area contributed by atoms with E-state index in [9.17, 15) is 14.4 Å². The topological polar surface area (TPSA) is 151 Å². The Bertz CT molecular complexity index is 2010. The van der Waals surface area contributed by atoms with Crippen LogP contribution in [-0.4, -0.2) is 90.4 Å². The first-order valence-electron chi connectivity index (χ1n) is 18.5. The second-order valence-corrected chi connectivity index (χ2v) is 13.7. The lowest BCUT2D eigenvalue weighted by atomic mass is 10.0. The molecular formula is C41H46N8O4. The molecule has 3 aromatic carbocycles. The molecule has 274 valence electrons. The first-order valence-corrected chi connectivity index (χ1v) is 18.5. The number of nitrogens with zero attached hydrogens (tertiary/aromatic N) is 5. The van der Waals surface area contributed by atoms with Crippen molar-refractivity contribution >= 4 is 18.3 Å². The molecular weight excluding hydrogens is 669 g/mol. The third-order valence-corrected chi connectivity index (χ3v) is 10.7. The summed E-state index contributed by atoms with van der Waals surface area (Å²) in [5.74, 6) is 1.66. The second-order valence-electron chi connectivity index (χ2n) is 13.7. The van der Waals surface area contributed by atoms with E-state index < -0.39 is 12.3 Å². The molecule has 0 saturated carbocycles. The van der Waals surface area contributed by atoms with Crippen LogP contribution in [0, 0.1) is 0 Å². The van der Waals surface area contributed by atoms with E-state index in [0.29, 0.717) is 25.2 Å². The maximum Gasteiger partial charge on any atom is 0.406 e. The fourth-order valence-electron chi connectivity index (χ4n) is 7.93. The highest BCUT2D eigenvalue weighted by Crippen LogP contribution is 2.36. The van der Waals surface area contributed by atoms with E-state index in [-0.39, 0.29) is 24.0 Å². The highest BCUT2D eigenvalue weighted by molar-refractivity contribution is 5.84. The Hall–Kier alpha value is -5.59. The molecule has 1 unspecified atom stereocenters. The van der Waals surface area contributed by atoms with Gasteiger partial charge in [-0.25, -0.2) is 14.8 Å². The fourth-order valence-corrected chi connectivity index (χ4v) is 7.93. The Morgan fingerprint density at radius 2 is 1.34 bits per heavy atom. The first-order chi connectivity index (χ1) is 25.9. The molecule has 0 radical (unpaired) electrons. The summed E-state index contributed by atoms with van der Waals surface area (Å²) in [7, 11) is 0. The summed E-state index contributed by atoms with van der Waals surface area (Å²) in [6.07, 6.45) is 5.54. The van der Waals surface area contributed by atoms with E-state index in [1.807, 2.05) is 58.5 Å². The largest absolute Gasteiger partial charge is 0.465 e. The standard InChI is InChI=1S/C41H46N8O4/c1-3-47(4-2)37(31-10-6-5-7-11-31)40(51)49-23-9-13-35(49)39-43-25-33(45-39)30-20-16-28(17-21-30)27-14-18-29(19-15-27)32-24-42-38(44-32)34-12-8-22-48(34)36(26-50)46-41(52)53/h5-7,10-11,14-21,24-26,34-37,46H,3-4,8-9,12-13,22-23H2,1-2H3,(H,42,44)(H,43,45)(H,52,53)/t34-,35-,36?,37+/m0/s1. The van der Waals surface area contributed by atoms with Crippen molar-refractivity contribution in [2.75, 3.05) is 26.2 Å². The van der Waals surface area contributed by atoms with Gasteiger partial charge in [0.2, 0.25) is 5.91 Å². The number of amides is 2. The van der Waals surface area contributed by atoms with Crippen LogP contribution < -0.4 is 5.32 Å². The van der Waals surface area contributed by atoms with Crippen LogP contribution in [0.3, 0.4) is 0 Å². The summed E-state index contributed by atoms with van der Waals surface area (Å²) < 4.78 is 0. The SMILES string of the molecule is CCN(CC)[C@@H](C(=O)N1CCC[C@H]1c1ncc(-c2ccc(-c3ccc(-c4cnc([C@@H]5CCCN5C(C=O)NC(=O)O)[nH]4)cc3)cc2)[nH]1)c1ccccc1. The van der Waals surface area contributed by atoms with E-state index in [4.69, 9.17) is 10.1 Å². The normalized spacial score (nSPS) is 18.7. The highest BCUT2D eigenvalue weighted by Gasteiger charge is 2.38. The number of aldehydes is 1. The van der Waals surface area contributed by atoms with Crippen LogP contribution in [-0.2, 0) is 9.59 Å². The summed E-state index contributed by atoms with van der Waals surface area (Å²) in [4.78, 5) is 59.4. The Balaban J connectivity index is 1.02.